The van der Waals surface area contributed by atoms with Gasteiger partial charge < -0.3 is 15.7 Å². The predicted octanol–water partition coefficient (Wildman–Crippen LogP) is 2.27. The standard InChI is InChI=1S/C16H24N2O2/c1-11(2)18-16(20)8-9-17-15-5-3-4-12-6-7-13(19)10-14(12)15/h6-7,10-11,15,17,19H,3-5,8-9H2,1-2H3,(H,18,20). The van der Waals surface area contributed by atoms with Crippen molar-refractivity contribution in [2.45, 2.75) is 51.6 Å². The summed E-state index contributed by atoms with van der Waals surface area (Å²) in [6.45, 7) is 4.59. The van der Waals surface area contributed by atoms with Gasteiger partial charge in [-0.25, -0.2) is 0 Å². The number of aryl methyl sites for hydroxylation is 1. The van der Waals surface area contributed by atoms with Gasteiger partial charge in [-0.1, -0.05) is 6.07 Å². The van der Waals surface area contributed by atoms with Crippen LogP contribution in [-0.4, -0.2) is 23.6 Å². The highest BCUT2D eigenvalue weighted by molar-refractivity contribution is 5.76. The Hall–Kier alpha value is -1.55. The number of carbonyl (C=O) groups excluding carboxylic acids is 1. The number of carbonyl (C=O) groups is 1. The summed E-state index contributed by atoms with van der Waals surface area (Å²) in [7, 11) is 0. The predicted molar refractivity (Wildman–Crippen MR) is 79.7 cm³/mol. The third-order valence-electron chi connectivity index (χ3n) is 3.64. The molecule has 2 rings (SSSR count). The van der Waals surface area contributed by atoms with Crippen LogP contribution >= 0.6 is 0 Å². The number of aromatic hydroxyl groups is 1. The second-order valence-electron chi connectivity index (χ2n) is 5.75. The van der Waals surface area contributed by atoms with E-state index in [4.69, 9.17) is 0 Å². The molecule has 0 spiro atoms. The van der Waals surface area contributed by atoms with Gasteiger partial charge in [0.2, 0.25) is 5.91 Å². The Morgan fingerprint density at radius 1 is 1.45 bits per heavy atom. The molecule has 0 heterocycles. The fourth-order valence-corrected chi connectivity index (χ4v) is 2.75. The van der Waals surface area contributed by atoms with Crippen molar-refractivity contribution in [1.82, 2.24) is 10.6 Å². The molecule has 1 aliphatic carbocycles. The third kappa shape index (κ3) is 3.97. The second kappa shape index (κ2) is 6.75. The van der Waals surface area contributed by atoms with Crippen molar-refractivity contribution >= 4 is 5.91 Å². The largest absolute Gasteiger partial charge is 0.508 e. The van der Waals surface area contributed by atoms with Crippen LogP contribution in [0.3, 0.4) is 0 Å². The van der Waals surface area contributed by atoms with Crippen molar-refractivity contribution in [1.29, 1.82) is 0 Å². The lowest BCUT2D eigenvalue weighted by molar-refractivity contribution is -0.121. The number of rotatable bonds is 5. The monoisotopic (exact) mass is 276 g/mol. The van der Waals surface area contributed by atoms with E-state index in [0.717, 1.165) is 19.3 Å². The van der Waals surface area contributed by atoms with E-state index in [-0.39, 0.29) is 18.0 Å². The van der Waals surface area contributed by atoms with Crippen LogP contribution in [0.1, 0.15) is 50.3 Å². The first kappa shape index (κ1) is 14.9. The van der Waals surface area contributed by atoms with Crippen LogP contribution in [0.25, 0.3) is 0 Å². The van der Waals surface area contributed by atoms with E-state index in [0.29, 0.717) is 18.7 Å². The molecule has 20 heavy (non-hydrogen) atoms. The van der Waals surface area contributed by atoms with Gasteiger partial charge in [0.1, 0.15) is 5.75 Å². The number of hydrogen-bond acceptors (Lipinski definition) is 3. The Bertz CT molecular complexity index is 472. The van der Waals surface area contributed by atoms with E-state index in [1.807, 2.05) is 26.0 Å². The van der Waals surface area contributed by atoms with Crippen molar-refractivity contribution in [3.05, 3.63) is 29.3 Å². The van der Waals surface area contributed by atoms with Gasteiger partial charge in [0, 0.05) is 25.0 Å². The minimum atomic E-state index is 0.0828. The summed E-state index contributed by atoms with van der Waals surface area (Å²) in [5.41, 5.74) is 2.48. The quantitative estimate of drug-likeness (QED) is 0.773. The fourth-order valence-electron chi connectivity index (χ4n) is 2.75. The molecule has 3 N–H and O–H groups in total. The molecule has 0 aromatic heterocycles. The molecular formula is C16H24N2O2. The third-order valence-corrected chi connectivity index (χ3v) is 3.64. The zero-order valence-electron chi connectivity index (χ0n) is 12.3. The topological polar surface area (TPSA) is 61.4 Å². The molecule has 1 atom stereocenters. The Balaban J connectivity index is 1.89. The Morgan fingerprint density at radius 2 is 2.25 bits per heavy atom. The van der Waals surface area contributed by atoms with E-state index in [2.05, 4.69) is 10.6 Å². The number of benzene rings is 1. The summed E-state index contributed by atoms with van der Waals surface area (Å²) in [5, 5.41) is 16.0. The summed E-state index contributed by atoms with van der Waals surface area (Å²) in [6, 6.07) is 6.04. The van der Waals surface area contributed by atoms with E-state index >= 15 is 0 Å². The van der Waals surface area contributed by atoms with Crippen molar-refractivity contribution in [3.8, 4) is 5.75 Å². The Morgan fingerprint density at radius 3 is 3.00 bits per heavy atom. The summed E-state index contributed by atoms with van der Waals surface area (Å²) in [5.74, 6) is 0.398. The lowest BCUT2D eigenvalue weighted by Crippen LogP contribution is -2.34. The Labute approximate surface area is 120 Å². The molecule has 0 saturated heterocycles. The number of phenols is 1. The molecule has 0 aliphatic heterocycles. The van der Waals surface area contributed by atoms with Crippen LogP contribution in [0, 0.1) is 0 Å². The molecule has 110 valence electrons. The number of amides is 1. The van der Waals surface area contributed by atoms with E-state index < -0.39 is 0 Å². The van der Waals surface area contributed by atoms with E-state index in [1.54, 1.807) is 6.07 Å². The van der Waals surface area contributed by atoms with Gasteiger partial charge in [-0.05, 0) is 56.4 Å². The molecule has 1 aromatic carbocycles. The first-order valence-corrected chi connectivity index (χ1v) is 7.41. The number of fused-ring (bicyclic) bond motifs is 1. The molecule has 0 bridgehead atoms. The lowest BCUT2D eigenvalue weighted by atomic mass is 9.87. The maximum Gasteiger partial charge on any atom is 0.221 e. The van der Waals surface area contributed by atoms with Crippen LogP contribution in [0.5, 0.6) is 5.75 Å². The van der Waals surface area contributed by atoms with Crippen LogP contribution in [0.2, 0.25) is 0 Å². The van der Waals surface area contributed by atoms with E-state index in [9.17, 15) is 9.90 Å². The first-order chi connectivity index (χ1) is 9.56. The van der Waals surface area contributed by atoms with Gasteiger partial charge in [0.25, 0.3) is 0 Å². The van der Waals surface area contributed by atoms with Crippen molar-refractivity contribution in [3.63, 3.8) is 0 Å². The average molecular weight is 276 g/mol. The first-order valence-electron chi connectivity index (χ1n) is 7.41. The minimum absolute atomic E-state index is 0.0828. The number of phenolic OH excluding ortho intramolecular Hbond substituents is 1. The highest BCUT2D eigenvalue weighted by atomic mass is 16.3. The van der Waals surface area contributed by atoms with Crippen LogP contribution < -0.4 is 10.6 Å². The molecule has 4 nitrogen and oxygen atoms in total. The maximum atomic E-state index is 11.6. The van der Waals surface area contributed by atoms with Crippen molar-refractivity contribution in [2.24, 2.45) is 0 Å². The van der Waals surface area contributed by atoms with Gasteiger partial charge >= 0.3 is 0 Å². The van der Waals surface area contributed by atoms with Gasteiger partial charge in [0.05, 0.1) is 0 Å². The molecule has 1 amide bonds. The molecule has 0 saturated carbocycles. The molecule has 1 aromatic rings. The summed E-state index contributed by atoms with van der Waals surface area (Å²) in [4.78, 5) is 11.6. The fraction of sp³-hybridized carbons (Fsp3) is 0.562. The number of hydrogen-bond donors (Lipinski definition) is 3. The SMILES string of the molecule is CC(C)NC(=O)CCNC1CCCc2ccc(O)cc21. The highest BCUT2D eigenvalue weighted by Crippen LogP contribution is 2.31. The highest BCUT2D eigenvalue weighted by Gasteiger charge is 2.20. The summed E-state index contributed by atoms with van der Waals surface area (Å²) >= 11 is 0. The molecule has 0 fully saturated rings. The summed E-state index contributed by atoms with van der Waals surface area (Å²) in [6.07, 6.45) is 3.76. The second-order valence-corrected chi connectivity index (χ2v) is 5.75. The van der Waals surface area contributed by atoms with E-state index in [1.165, 1.54) is 11.1 Å². The van der Waals surface area contributed by atoms with Gasteiger partial charge in [0.15, 0.2) is 0 Å². The minimum Gasteiger partial charge on any atom is -0.508 e. The van der Waals surface area contributed by atoms with Crippen LogP contribution in [-0.2, 0) is 11.2 Å². The van der Waals surface area contributed by atoms with Gasteiger partial charge in [-0.2, -0.15) is 0 Å². The van der Waals surface area contributed by atoms with Gasteiger partial charge in [-0.3, -0.25) is 4.79 Å². The zero-order chi connectivity index (χ0) is 14.5. The smallest absolute Gasteiger partial charge is 0.221 e. The molecule has 1 unspecified atom stereocenters. The van der Waals surface area contributed by atoms with Crippen molar-refractivity contribution < 1.29 is 9.90 Å². The van der Waals surface area contributed by atoms with Crippen LogP contribution in [0.4, 0.5) is 0 Å². The molecule has 0 radical (unpaired) electrons. The molecular weight excluding hydrogens is 252 g/mol. The number of nitrogens with one attached hydrogen (secondary N) is 2. The molecule has 1 aliphatic rings. The Kier molecular flexibility index (Phi) is 5.01. The normalized spacial score (nSPS) is 17.9. The lowest BCUT2D eigenvalue weighted by Gasteiger charge is -2.26. The van der Waals surface area contributed by atoms with Crippen LogP contribution in [0.15, 0.2) is 18.2 Å². The zero-order valence-corrected chi connectivity index (χ0v) is 12.3. The van der Waals surface area contributed by atoms with Crippen molar-refractivity contribution in [2.75, 3.05) is 6.54 Å². The molecule has 4 heteroatoms. The maximum absolute atomic E-state index is 11.6. The van der Waals surface area contributed by atoms with Gasteiger partial charge in [-0.15, -0.1) is 0 Å². The average Bonchev–Trinajstić information content (AvgIpc) is 2.38. The summed E-state index contributed by atoms with van der Waals surface area (Å²) < 4.78 is 0.